The number of carbonyl (C=O) groups excluding carboxylic acids is 1. The van der Waals surface area contributed by atoms with Gasteiger partial charge in [-0.1, -0.05) is 12.5 Å². The van der Waals surface area contributed by atoms with Crippen molar-refractivity contribution >= 4 is 25.8 Å². The number of carbonyl (C=O) groups is 1. The second-order valence-corrected chi connectivity index (χ2v) is 11.3. The van der Waals surface area contributed by atoms with Gasteiger partial charge < -0.3 is 4.74 Å². The molecule has 2 aliphatic heterocycles. The molecule has 0 unspecified atom stereocenters. The molecule has 28 heavy (non-hydrogen) atoms. The third kappa shape index (κ3) is 4.24. The molecule has 156 valence electrons. The van der Waals surface area contributed by atoms with Crippen LogP contribution in [-0.2, 0) is 29.4 Å². The summed E-state index contributed by atoms with van der Waals surface area (Å²) in [6.07, 6.45) is 4.67. The van der Waals surface area contributed by atoms with Gasteiger partial charge in [0, 0.05) is 18.8 Å². The molecule has 2 atom stereocenters. The van der Waals surface area contributed by atoms with E-state index < -0.39 is 31.9 Å². The fourth-order valence-corrected chi connectivity index (χ4v) is 6.36. The molecule has 0 aliphatic carbocycles. The zero-order valence-electron chi connectivity index (χ0n) is 16.1. The molecule has 1 aromatic rings. The van der Waals surface area contributed by atoms with Gasteiger partial charge in [0.25, 0.3) is 0 Å². The summed E-state index contributed by atoms with van der Waals surface area (Å²) < 4.78 is 56.2. The molecular formula is C18H26N2O6S2. The van der Waals surface area contributed by atoms with Crippen LogP contribution < -0.4 is 0 Å². The van der Waals surface area contributed by atoms with Gasteiger partial charge in [0.15, 0.2) is 9.84 Å². The summed E-state index contributed by atoms with van der Waals surface area (Å²) in [4.78, 5) is 14.3. The summed E-state index contributed by atoms with van der Waals surface area (Å²) in [7, 11) is -6.37. The Morgan fingerprint density at radius 2 is 1.71 bits per heavy atom. The van der Waals surface area contributed by atoms with Crippen LogP contribution in [0.4, 0.5) is 0 Å². The topological polar surface area (TPSA) is 101 Å². The summed E-state index contributed by atoms with van der Waals surface area (Å²) in [5.41, 5.74) is 0. The van der Waals surface area contributed by atoms with E-state index >= 15 is 0 Å². The predicted molar refractivity (Wildman–Crippen MR) is 103 cm³/mol. The van der Waals surface area contributed by atoms with Crippen molar-refractivity contribution in [2.75, 3.05) is 33.0 Å². The Hall–Kier alpha value is -1.49. The molecule has 2 saturated heterocycles. The monoisotopic (exact) mass is 430 g/mol. The first-order valence-corrected chi connectivity index (χ1v) is 12.6. The largest absolute Gasteiger partial charge is 0.468 e. The first-order valence-electron chi connectivity index (χ1n) is 9.28. The second-order valence-electron chi connectivity index (χ2n) is 7.35. The first kappa shape index (κ1) is 21.2. The molecule has 2 heterocycles. The lowest BCUT2D eigenvalue weighted by Crippen LogP contribution is -2.42. The highest BCUT2D eigenvalue weighted by Crippen LogP contribution is 2.31. The molecule has 10 heteroatoms. The number of ether oxygens (including phenoxy) is 1. The van der Waals surface area contributed by atoms with Crippen LogP contribution in [0.1, 0.15) is 25.7 Å². The van der Waals surface area contributed by atoms with Crippen LogP contribution >= 0.6 is 0 Å². The van der Waals surface area contributed by atoms with Crippen molar-refractivity contribution < 1.29 is 26.4 Å². The van der Waals surface area contributed by atoms with Gasteiger partial charge in [0.05, 0.1) is 16.9 Å². The average Bonchev–Trinajstić information content (AvgIpc) is 3.14. The van der Waals surface area contributed by atoms with Crippen LogP contribution in [-0.4, -0.2) is 77.1 Å². The van der Waals surface area contributed by atoms with E-state index in [1.54, 1.807) is 0 Å². The summed E-state index contributed by atoms with van der Waals surface area (Å²) in [5, 5.41) is 0. The summed E-state index contributed by atoms with van der Waals surface area (Å²) in [5.74, 6) is -0.595. The normalized spacial score (nSPS) is 24.9. The highest BCUT2D eigenvalue weighted by Gasteiger charge is 2.46. The Bertz CT molecular complexity index is 939. The number of hydrogen-bond donors (Lipinski definition) is 0. The average molecular weight is 431 g/mol. The van der Waals surface area contributed by atoms with Crippen molar-refractivity contribution in [2.45, 2.75) is 47.6 Å². The van der Waals surface area contributed by atoms with E-state index in [0.717, 1.165) is 44.7 Å². The molecule has 8 nitrogen and oxygen atoms in total. The quantitative estimate of drug-likeness (QED) is 0.639. The second kappa shape index (κ2) is 8.10. The molecule has 0 saturated carbocycles. The number of piperidine rings is 1. The maximum Gasteiger partial charge on any atom is 0.324 e. The summed E-state index contributed by atoms with van der Waals surface area (Å²) >= 11 is 0. The van der Waals surface area contributed by atoms with Gasteiger partial charge in [-0.2, -0.15) is 4.31 Å². The molecule has 1 aromatic carbocycles. The molecule has 0 bridgehead atoms. The third-order valence-corrected chi connectivity index (χ3v) is 8.44. The maximum absolute atomic E-state index is 13.3. The van der Waals surface area contributed by atoms with Crippen molar-refractivity contribution in [3.8, 4) is 0 Å². The van der Waals surface area contributed by atoms with E-state index in [2.05, 4.69) is 4.90 Å². The van der Waals surface area contributed by atoms with E-state index in [1.807, 2.05) is 0 Å². The predicted octanol–water partition coefficient (Wildman–Crippen LogP) is 0.881. The van der Waals surface area contributed by atoms with Crippen molar-refractivity contribution in [1.82, 2.24) is 9.21 Å². The Morgan fingerprint density at radius 1 is 1.07 bits per heavy atom. The minimum atomic E-state index is -4.06. The Morgan fingerprint density at radius 3 is 2.32 bits per heavy atom. The van der Waals surface area contributed by atoms with E-state index in [9.17, 15) is 21.6 Å². The highest BCUT2D eigenvalue weighted by molar-refractivity contribution is 7.91. The number of likely N-dealkylation sites (tertiary alicyclic amines) is 1. The summed E-state index contributed by atoms with van der Waals surface area (Å²) in [6.45, 7) is 1.96. The number of hydrogen-bond acceptors (Lipinski definition) is 7. The van der Waals surface area contributed by atoms with Gasteiger partial charge in [0.1, 0.15) is 6.04 Å². The Labute approximate surface area is 166 Å². The van der Waals surface area contributed by atoms with E-state index in [-0.39, 0.29) is 22.4 Å². The van der Waals surface area contributed by atoms with Gasteiger partial charge in [-0.3, -0.25) is 9.69 Å². The Kier molecular flexibility index (Phi) is 6.14. The molecule has 0 N–H and O–H groups in total. The molecular weight excluding hydrogens is 404 g/mol. The van der Waals surface area contributed by atoms with Crippen molar-refractivity contribution in [1.29, 1.82) is 0 Å². The van der Waals surface area contributed by atoms with Crippen LogP contribution in [0, 0.1) is 0 Å². The van der Waals surface area contributed by atoms with Gasteiger partial charge in [0.2, 0.25) is 10.0 Å². The lowest BCUT2D eigenvalue weighted by molar-refractivity contribution is -0.144. The van der Waals surface area contributed by atoms with Crippen molar-refractivity contribution in [3.05, 3.63) is 24.3 Å². The minimum Gasteiger partial charge on any atom is -0.468 e. The van der Waals surface area contributed by atoms with Crippen LogP contribution in [0.5, 0.6) is 0 Å². The molecule has 0 spiro atoms. The van der Waals surface area contributed by atoms with Crippen LogP contribution in [0.2, 0.25) is 0 Å². The van der Waals surface area contributed by atoms with E-state index in [1.165, 1.54) is 29.6 Å². The van der Waals surface area contributed by atoms with Crippen LogP contribution in [0.25, 0.3) is 0 Å². The molecule has 2 fully saturated rings. The van der Waals surface area contributed by atoms with E-state index in [0.29, 0.717) is 6.42 Å². The molecule has 2 aliphatic rings. The number of rotatable bonds is 5. The van der Waals surface area contributed by atoms with E-state index in [4.69, 9.17) is 4.74 Å². The zero-order valence-corrected chi connectivity index (χ0v) is 17.7. The maximum atomic E-state index is 13.3. The smallest absolute Gasteiger partial charge is 0.324 e. The number of benzene rings is 1. The molecule has 0 radical (unpaired) electrons. The van der Waals surface area contributed by atoms with Crippen molar-refractivity contribution in [3.63, 3.8) is 0 Å². The molecule has 0 amide bonds. The van der Waals surface area contributed by atoms with Gasteiger partial charge in [-0.15, -0.1) is 0 Å². The number of sulfonamides is 1. The van der Waals surface area contributed by atoms with Gasteiger partial charge in [-0.25, -0.2) is 16.8 Å². The van der Waals surface area contributed by atoms with Crippen LogP contribution in [0.15, 0.2) is 34.1 Å². The number of sulfone groups is 1. The van der Waals surface area contributed by atoms with Crippen LogP contribution in [0.3, 0.4) is 0 Å². The first-order chi connectivity index (χ1) is 13.1. The SMILES string of the molecule is COC(=O)[C@@H]1C[C@@H](N2CCCCC2)CN1S(=O)(=O)c1cccc(S(C)(=O)=O)c1. The summed E-state index contributed by atoms with van der Waals surface area (Å²) in [6, 6.07) is 4.28. The number of methoxy groups -OCH3 is 1. The fraction of sp³-hybridized carbons (Fsp3) is 0.611. The number of nitrogens with zero attached hydrogens (tertiary/aromatic N) is 2. The fourth-order valence-electron chi connectivity index (χ4n) is 3.95. The van der Waals surface area contributed by atoms with Crippen molar-refractivity contribution in [2.24, 2.45) is 0 Å². The lowest BCUT2D eigenvalue weighted by Gasteiger charge is -2.32. The van der Waals surface area contributed by atoms with Gasteiger partial charge in [-0.05, 0) is 50.6 Å². The molecule has 3 rings (SSSR count). The zero-order chi connectivity index (χ0) is 20.5. The standard InChI is InChI=1S/C18H26N2O6S2/c1-26-18(21)17-11-14(19-9-4-3-5-10-19)13-20(17)28(24,25)16-8-6-7-15(12-16)27(2,22)23/h6-8,12,14,17H,3-5,9-11,13H2,1-2H3/t14-,17+/m1/s1. The Balaban J connectivity index is 1.94. The minimum absolute atomic E-state index is 0.0581. The van der Waals surface area contributed by atoms with Gasteiger partial charge >= 0.3 is 5.97 Å². The number of esters is 1. The lowest BCUT2D eigenvalue weighted by atomic mass is 10.1. The molecule has 0 aromatic heterocycles. The highest BCUT2D eigenvalue weighted by atomic mass is 32.2. The third-order valence-electron chi connectivity index (χ3n) is 5.45.